The van der Waals surface area contributed by atoms with E-state index >= 15 is 0 Å². The number of anilines is 1. The average Bonchev–Trinajstić information content (AvgIpc) is 2.43. The van der Waals surface area contributed by atoms with E-state index in [0.717, 1.165) is 12.3 Å². The van der Waals surface area contributed by atoms with Crippen molar-refractivity contribution in [2.24, 2.45) is 0 Å². The molecule has 0 saturated heterocycles. The van der Waals surface area contributed by atoms with Gasteiger partial charge in [0.15, 0.2) is 5.82 Å². The summed E-state index contributed by atoms with van der Waals surface area (Å²) in [7, 11) is 0. The molecule has 1 amide bonds. The average molecular weight is 297 g/mol. The molecule has 0 saturated carbocycles. The number of hydrogen-bond donors (Lipinski definition) is 1. The molecule has 0 aliphatic heterocycles. The molecule has 0 radical (unpaired) electrons. The van der Waals surface area contributed by atoms with Crippen molar-refractivity contribution in [2.45, 2.75) is 0 Å². The molecule has 2 aromatic rings. The van der Waals surface area contributed by atoms with Crippen LogP contribution in [0.15, 0.2) is 30.6 Å². The number of rotatable bonds is 3. The highest BCUT2D eigenvalue weighted by molar-refractivity contribution is 6.04. The van der Waals surface area contributed by atoms with E-state index in [4.69, 9.17) is 0 Å². The van der Waals surface area contributed by atoms with Crippen molar-refractivity contribution in [2.75, 3.05) is 5.32 Å². The lowest BCUT2D eigenvalue weighted by molar-refractivity contribution is -0.387. The minimum Gasteiger partial charge on any atom is -0.319 e. The molecule has 0 atom stereocenters. The molecule has 0 unspecified atom stereocenters. The second-order valence-electron chi connectivity index (χ2n) is 3.85. The third-order valence-electron chi connectivity index (χ3n) is 2.48. The number of carbonyl (C=O) groups excluding carboxylic acids is 1. The van der Waals surface area contributed by atoms with E-state index in [0.29, 0.717) is 12.1 Å². The third-order valence-corrected chi connectivity index (χ3v) is 2.48. The van der Waals surface area contributed by atoms with Crippen molar-refractivity contribution in [1.82, 2.24) is 4.98 Å². The van der Waals surface area contributed by atoms with Crippen LogP contribution >= 0.6 is 0 Å². The molecule has 0 aliphatic carbocycles. The van der Waals surface area contributed by atoms with Crippen molar-refractivity contribution in [1.29, 1.82) is 0 Å². The van der Waals surface area contributed by atoms with Crippen molar-refractivity contribution in [3.05, 3.63) is 63.7 Å². The van der Waals surface area contributed by atoms with Gasteiger partial charge in [-0.15, -0.1) is 0 Å². The minimum absolute atomic E-state index is 0.318. The number of benzene rings is 1. The number of amides is 1. The molecule has 1 heterocycles. The molecular formula is C12H6F3N3O3. The second-order valence-corrected chi connectivity index (χ2v) is 3.85. The molecule has 1 aromatic heterocycles. The molecule has 1 N–H and O–H groups in total. The van der Waals surface area contributed by atoms with Gasteiger partial charge in [-0.05, 0) is 12.1 Å². The molecule has 0 bridgehead atoms. The molecule has 6 nitrogen and oxygen atoms in total. The summed E-state index contributed by atoms with van der Waals surface area (Å²) >= 11 is 0. The Hall–Kier alpha value is -2.97. The SMILES string of the molecule is O=C(Nc1ccncc1F)c1cc(F)cc([N+](=O)[O-])c1F. The number of nitrogens with zero attached hydrogens (tertiary/aromatic N) is 2. The van der Waals surface area contributed by atoms with Gasteiger partial charge in [-0.1, -0.05) is 0 Å². The first-order chi connectivity index (χ1) is 9.90. The summed E-state index contributed by atoms with van der Waals surface area (Å²) in [6.45, 7) is 0. The third kappa shape index (κ3) is 2.96. The predicted molar refractivity (Wildman–Crippen MR) is 65.2 cm³/mol. The summed E-state index contributed by atoms with van der Waals surface area (Å²) in [4.78, 5) is 24.6. The van der Waals surface area contributed by atoms with Crippen LogP contribution in [-0.2, 0) is 0 Å². The van der Waals surface area contributed by atoms with E-state index in [-0.39, 0.29) is 5.69 Å². The van der Waals surface area contributed by atoms with E-state index in [1.165, 1.54) is 6.20 Å². The Bertz CT molecular complexity index is 737. The zero-order chi connectivity index (χ0) is 15.6. The van der Waals surface area contributed by atoms with Crippen LogP contribution in [0.4, 0.5) is 24.5 Å². The van der Waals surface area contributed by atoms with Gasteiger partial charge in [0.2, 0.25) is 5.82 Å². The van der Waals surface area contributed by atoms with Gasteiger partial charge in [0.25, 0.3) is 5.91 Å². The molecule has 0 aliphatic rings. The van der Waals surface area contributed by atoms with Crippen LogP contribution in [0, 0.1) is 27.6 Å². The fraction of sp³-hybridized carbons (Fsp3) is 0. The molecule has 108 valence electrons. The summed E-state index contributed by atoms with van der Waals surface area (Å²) in [5.41, 5.74) is -2.41. The van der Waals surface area contributed by atoms with Gasteiger partial charge in [0, 0.05) is 6.20 Å². The summed E-state index contributed by atoms with van der Waals surface area (Å²) in [5, 5.41) is 12.5. The smallest absolute Gasteiger partial charge is 0.308 e. The number of nitro benzene ring substituents is 1. The Morgan fingerprint density at radius 1 is 1.29 bits per heavy atom. The molecule has 9 heteroatoms. The van der Waals surface area contributed by atoms with Crippen LogP contribution in [0.1, 0.15) is 10.4 Å². The van der Waals surface area contributed by atoms with Gasteiger partial charge >= 0.3 is 5.69 Å². The largest absolute Gasteiger partial charge is 0.319 e. The van der Waals surface area contributed by atoms with Crippen LogP contribution in [0.2, 0.25) is 0 Å². The van der Waals surface area contributed by atoms with Crippen LogP contribution < -0.4 is 5.32 Å². The molecule has 1 aromatic carbocycles. The fourth-order valence-electron chi connectivity index (χ4n) is 1.54. The van der Waals surface area contributed by atoms with Crippen molar-refractivity contribution in [3.63, 3.8) is 0 Å². The van der Waals surface area contributed by atoms with Gasteiger partial charge in [0.1, 0.15) is 5.82 Å². The van der Waals surface area contributed by atoms with Gasteiger partial charge in [0.05, 0.1) is 28.4 Å². The first-order valence-corrected chi connectivity index (χ1v) is 5.44. The lowest BCUT2D eigenvalue weighted by Gasteiger charge is -2.07. The van der Waals surface area contributed by atoms with Gasteiger partial charge in [-0.3, -0.25) is 19.9 Å². The highest BCUT2D eigenvalue weighted by atomic mass is 19.1. The second kappa shape index (κ2) is 5.57. The lowest BCUT2D eigenvalue weighted by Crippen LogP contribution is -2.16. The van der Waals surface area contributed by atoms with Crippen molar-refractivity contribution in [3.8, 4) is 0 Å². The Kier molecular flexibility index (Phi) is 3.83. The van der Waals surface area contributed by atoms with Gasteiger partial charge in [-0.25, -0.2) is 8.78 Å². The molecule has 0 spiro atoms. The topological polar surface area (TPSA) is 85.1 Å². The summed E-state index contributed by atoms with van der Waals surface area (Å²) in [6.07, 6.45) is 1.98. The number of aromatic nitrogens is 1. The Morgan fingerprint density at radius 2 is 2.00 bits per heavy atom. The maximum absolute atomic E-state index is 13.8. The first kappa shape index (κ1) is 14.4. The number of nitrogens with one attached hydrogen (secondary N) is 1. The zero-order valence-electron chi connectivity index (χ0n) is 10.1. The number of carbonyl (C=O) groups is 1. The lowest BCUT2D eigenvalue weighted by atomic mass is 10.1. The summed E-state index contributed by atoms with van der Waals surface area (Å²) in [5.74, 6) is -4.78. The first-order valence-electron chi connectivity index (χ1n) is 5.44. The van der Waals surface area contributed by atoms with Gasteiger partial charge in [-0.2, -0.15) is 4.39 Å². The Balaban J connectivity index is 2.40. The van der Waals surface area contributed by atoms with Crippen LogP contribution in [-0.4, -0.2) is 15.8 Å². The number of hydrogen-bond acceptors (Lipinski definition) is 4. The van der Waals surface area contributed by atoms with Crippen LogP contribution in [0.3, 0.4) is 0 Å². The monoisotopic (exact) mass is 297 g/mol. The van der Waals surface area contributed by atoms with E-state index < -0.39 is 39.5 Å². The Labute approximate surface area is 115 Å². The fourth-order valence-corrected chi connectivity index (χ4v) is 1.54. The number of halogens is 3. The van der Waals surface area contributed by atoms with E-state index in [1.54, 1.807) is 0 Å². The minimum atomic E-state index is -1.51. The highest BCUT2D eigenvalue weighted by Crippen LogP contribution is 2.23. The summed E-state index contributed by atoms with van der Waals surface area (Å²) in [6, 6.07) is 1.93. The van der Waals surface area contributed by atoms with Crippen molar-refractivity contribution >= 4 is 17.3 Å². The maximum atomic E-state index is 13.8. The van der Waals surface area contributed by atoms with E-state index in [1.807, 2.05) is 5.32 Å². The van der Waals surface area contributed by atoms with Crippen LogP contribution in [0.5, 0.6) is 0 Å². The molecule has 0 fully saturated rings. The Morgan fingerprint density at radius 3 is 2.62 bits per heavy atom. The molecule has 2 rings (SSSR count). The number of nitro groups is 1. The standard InChI is InChI=1S/C12H6F3N3O3/c13-6-3-7(11(15)10(4-6)18(20)21)12(19)17-9-1-2-16-5-8(9)14/h1-5H,(H,16,17,19). The predicted octanol–water partition coefficient (Wildman–Crippen LogP) is 2.66. The maximum Gasteiger partial charge on any atom is 0.308 e. The molecule has 21 heavy (non-hydrogen) atoms. The number of pyridine rings is 1. The van der Waals surface area contributed by atoms with Crippen molar-refractivity contribution < 1.29 is 22.9 Å². The highest BCUT2D eigenvalue weighted by Gasteiger charge is 2.24. The quantitative estimate of drug-likeness (QED) is 0.697. The van der Waals surface area contributed by atoms with E-state index in [9.17, 15) is 28.1 Å². The van der Waals surface area contributed by atoms with Crippen LogP contribution in [0.25, 0.3) is 0 Å². The molecular weight excluding hydrogens is 291 g/mol. The zero-order valence-corrected chi connectivity index (χ0v) is 10.1. The normalized spacial score (nSPS) is 10.2. The summed E-state index contributed by atoms with van der Waals surface area (Å²) < 4.78 is 40.3. The van der Waals surface area contributed by atoms with Gasteiger partial charge < -0.3 is 5.32 Å². The van der Waals surface area contributed by atoms with E-state index in [2.05, 4.69) is 4.98 Å².